The Labute approximate surface area is 107 Å². The van der Waals surface area contributed by atoms with Crippen LogP contribution in [-0.2, 0) is 4.79 Å². The minimum absolute atomic E-state index is 0.230. The first-order valence-electron chi connectivity index (χ1n) is 5.85. The van der Waals surface area contributed by atoms with Crippen LogP contribution in [0.1, 0.15) is 29.8 Å². The van der Waals surface area contributed by atoms with Gasteiger partial charge in [0.1, 0.15) is 11.9 Å². The minimum Gasteiger partial charge on any atom is -0.480 e. The average molecular weight is 270 g/mol. The van der Waals surface area contributed by atoms with E-state index in [1.807, 2.05) is 0 Å². The third-order valence-corrected chi connectivity index (χ3v) is 3.06. The lowest BCUT2D eigenvalue weighted by atomic mass is 10.0. The van der Waals surface area contributed by atoms with Gasteiger partial charge in [-0.3, -0.25) is 4.79 Å². The average Bonchev–Trinajstić information content (AvgIpc) is 2.38. The normalized spacial score (nSPS) is 19.3. The number of hydrogen-bond acceptors (Lipinski definition) is 3. The quantitative estimate of drug-likeness (QED) is 0.882. The Balaban J connectivity index is 2.28. The second-order valence-electron chi connectivity index (χ2n) is 4.33. The molecule has 1 N–H and O–H groups in total. The number of nitrogens with zero attached hydrogens (tertiary/aromatic N) is 2. The van der Waals surface area contributed by atoms with Crippen LogP contribution in [0.25, 0.3) is 0 Å². The SMILES string of the molecule is O=C(O)C1CCCCN1C(=O)c1ncc(F)cc1F. The van der Waals surface area contributed by atoms with Crippen LogP contribution < -0.4 is 0 Å². The summed E-state index contributed by atoms with van der Waals surface area (Å²) in [6.45, 7) is 0.230. The molecule has 1 aliphatic heterocycles. The minimum atomic E-state index is -1.13. The molecule has 7 heteroatoms. The molecule has 1 aliphatic rings. The van der Waals surface area contributed by atoms with Crippen molar-refractivity contribution in [3.63, 3.8) is 0 Å². The molecule has 102 valence electrons. The van der Waals surface area contributed by atoms with Crippen molar-refractivity contribution in [1.29, 1.82) is 0 Å². The van der Waals surface area contributed by atoms with Crippen molar-refractivity contribution >= 4 is 11.9 Å². The largest absolute Gasteiger partial charge is 0.480 e. The summed E-state index contributed by atoms with van der Waals surface area (Å²) in [5, 5.41) is 9.05. The first-order valence-corrected chi connectivity index (χ1v) is 5.85. The van der Waals surface area contributed by atoms with E-state index < -0.39 is 35.2 Å². The number of likely N-dealkylation sites (tertiary alicyclic amines) is 1. The topological polar surface area (TPSA) is 70.5 Å². The Bertz CT molecular complexity index is 522. The van der Waals surface area contributed by atoms with Crippen LogP contribution in [0.4, 0.5) is 8.78 Å². The Morgan fingerprint density at radius 2 is 2.11 bits per heavy atom. The summed E-state index contributed by atoms with van der Waals surface area (Å²) in [6, 6.07) is -0.424. The number of carboxylic acids is 1. The number of aliphatic carboxylic acids is 1. The number of aromatic nitrogens is 1. The maximum Gasteiger partial charge on any atom is 0.326 e. The number of pyridine rings is 1. The van der Waals surface area contributed by atoms with E-state index in [4.69, 9.17) is 5.11 Å². The van der Waals surface area contributed by atoms with Crippen molar-refractivity contribution < 1.29 is 23.5 Å². The van der Waals surface area contributed by atoms with Gasteiger partial charge in [0.2, 0.25) is 0 Å². The van der Waals surface area contributed by atoms with Gasteiger partial charge in [-0.2, -0.15) is 0 Å². The predicted molar refractivity (Wildman–Crippen MR) is 60.5 cm³/mol. The molecule has 2 rings (SSSR count). The van der Waals surface area contributed by atoms with Crippen molar-refractivity contribution in [3.8, 4) is 0 Å². The van der Waals surface area contributed by atoms with Crippen molar-refractivity contribution in [2.75, 3.05) is 6.54 Å². The van der Waals surface area contributed by atoms with Gasteiger partial charge in [0, 0.05) is 12.6 Å². The zero-order valence-electron chi connectivity index (χ0n) is 9.97. The van der Waals surface area contributed by atoms with Crippen LogP contribution in [0.3, 0.4) is 0 Å². The number of piperidine rings is 1. The molecule has 0 radical (unpaired) electrons. The van der Waals surface area contributed by atoms with Crippen molar-refractivity contribution in [2.45, 2.75) is 25.3 Å². The third kappa shape index (κ3) is 2.69. The maximum absolute atomic E-state index is 13.5. The lowest BCUT2D eigenvalue weighted by Gasteiger charge is -2.32. The number of carbonyl (C=O) groups is 2. The number of carbonyl (C=O) groups excluding carboxylic acids is 1. The summed E-state index contributed by atoms with van der Waals surface area (Å²) in [5.41, 5.74) is -0.547. The van der Waals surface area contributed by atoms with Crippen LogP contribution in [0.15, 0.2) is 12.3 Å². The van der Waals surface area contributed by atoms with Crippen LogP contribution in [0.2, 0.25) is 0 Å². The molecule has 0 bridgehead atoms. The summed E-state index contributed by atoms with van der Waals surface area (Å²) < 4.78 is 26.2. The molecule has 5 nitrogen and oxygen atoms in total. The van der Waals surface area contributed by atoms with E-state index >= 15 is 0 Å². The zero-order chi connectivity index (χ0) is 14.0. The highest BCUT2D eigenvalue weighted by atomic mass is 19.1. The van der Waals surface area contributed by atoms with Crippen molar-refractivity contribution in [3.05, 3.63) is 29.6 Å². The molecule has 0 aromatic carbocycles. The monoisotopic (exact) mass is 270 g/mol. The summed E-state index contributed by atoms with van der Waals surface area (Å²) in [4.78, 5) is 27.6. The molecule has 1 aromatic heterocycles. The Hall–Kier alpha value is -2.05. The van der Waals surface area contributed by atoms with Gasteiger partial charge in [0.05, 0.1) is 6.20 Å². The fourth-order valence-corrected chi connectivity index (χ4v) is 2.14. The van der Waals surface area contributed by atoms with Gasteiger partial charge >= 0.3 is 5.97 Å². The van der Waals surface area contributed by atoms with E-state index in [9.17, 15) is 18.4 Å². The van der Waals surface area contributed by atoms with E-state index in [1.165, 1.54) is 0 Å². The summed E-state index contributed by atoms with van der Waals surface area (Å²) in [5.74, 6) is -3.91. The van der Waals surface area contributed by atoms with Crippen LogP contribution in [0.5, 0.6) is 0 Å². The van der Waals surface area contributed by atoms with Gasteiger partial charge in [0.15, 0.2) is 11.5 Å². The Morgan fingerprint density at radius 3 is 2.74 bits per heavy atom. The first kappa shape index (κ1) is 13.4. The summed E-state index contributed by atoms with van der Waals surface area (Å²) >= 11 is 0. The summed E-state index contributed by atoms with van der Waals surface area (Å²) in [7, 11) is 0. The van der Waals surface area contributed by atoms with Crippen LogP contribution in [-0.4, -0.2) is 39.5 Å². The van der Waals surface area contributed by atoms with Crippen molar-refractivity contribution in [1.82, 2.24) is 9.88 Å². The lowest BCUT2D eigenvalue weighted by molar-refractivity contribution is -0.143. The Kier molecular flexibility index (Phi) is 3.73. The highest BCUT2D eigenvalue weighted by Crippen LogP contribution is 2.20. The molecule has 19 heavy (non-hydrogen) atoms. The number of amides is 1. The highest BCUT2D eigenvalue weighted by Gasteiger charge is 2.34. The number of carboxylic acid groups (broad SMARTS) is 1. The molecule has 1 atom stereocenters. The molecule has 0 aliphatic carbocycles. The number of hydrogen-bond donors (Lipinski definition) is 1. The van der Waals surface area contributed by atoms with Gasteiger partial charge in [-0.15, -0.1) is 0 Å². The number of rotatable bonds is 2. The van der Waals surface area contributed by atoms with E-state index in [0.717, 1.165) is 11.1 Å². The van der Waals surface area contributed by atoms with E-state index in [0.29, 0.717) is 25.3 Å². The lowest BCUT2D eigenvalue weighted by Crippen LogP contribution is -2.48. The van der Waals surface area contributed by atoms with Gasteiger partial charge < -0.3 is 10.0 Å². The molecule has 1 saturated heterocycles. The molecule has 0 saturated carbocycles. The molecular weight excluding hydrogens is 258 g/mol. The molecule has 1 aromatic rings. The van der Waals surface area contributed by atoms with Gasteiger partial charge in [-0.25, -0.2) is 18.6 Å². The van der Waals surface area contributed by atoms with Crippen molar-refractivity contribution in [2.24, 2.45) is 0 Å². The fourth-order valence-electron chi connectivity index (χ4n) is 2.14. The predicted octanol–water partition coefficient (Wildman–Crippen LogP) is 1.44. The molecule has 0 spiro atoms. The maximum atomic E-state index is 13.5. The van der Waals surface area contributed by atoms with E-state index in [2.05, 4.69) is 4.98 Å². The molecule has 1 amide bonds. The second kappa shape index (κ2) is 5.29. The smallest absolute Gasteiger partial charge is 0.326 e. The third-order valence-electron chi connectivity index (χ3n) is 3.06. The number of halogens is 2. The highest BCUT2D eigenvalue weighted by molar-refractivity contribution is 5.95. The van der Waals surface area contributed by atoms with Crippen LogP contribution >= 0.6 is 0 Å². The van der Waals surface area contributed by atoms with E-state index in [-0.39, 0.29) is 6.54 Å². The van der Waals surface area contributed by atoms with Gasteiger partial charge in [-0.05, 0) is 19.3 Å². The first-order chi connectivity index (χ1) is 9.00. The van der Waals surface area contributed by atoms with Gasteiger partial charge in [0.25, 0.3) is 5.91 Å². The Morgan fingerprint density at radius 1 is 1.37 bits per heavy atom. The standard InChI is InChI=1S/C12H12F2N2O3/c13-7-5-8(14)10(15-6-7)11(17)16-4-2-1-3-9(16)12(18)19/h5-6,9H,1-4H2,(H,18,19). The molecule has 1 fully saturated rings. The molecular formula is C12H12F2N2O3. The second-order valence-corrected chi connectivity index (χ2v) is 4.33. The molecule has 2 heterocycles. The zero-order valence-corrected chi connectivity index (χ0v) is 9.97. The van der Waals surface area contributed by atoms with E-state index in [1.54, 1.807) is 0 Å². The summed E-state index contributed by atoms with van der Waals surface area (Å²) in [6.07, 6.45) is 2.40. The molecule has 1 unspecified atom stereocenters. The fraction of sp³-hybridized carbons (Fsp3) is 0.417. The van der Waals surface area contributed by atoms with Gasteiger partial charge in [-0.1, -0.05) is 0 Å². The van der Waals surface area contributed by atoms with Crippen LogP contribution in [0, 0.1) is 11.6 Å².